The van der Waals surface area contributed by atoms with E-state index < -0.39 is 16.1 Å². The van der Waals surface area contributed by atoms with Crippen LogP contribution >= 0.6 is 11.6 Å². The van der Waals surface area contributed by atoms with E-state index >= 15 is 0 Å². The van der Waals surface area contributed by atoms with Crippen LogP contribution in [0.2, 0.25) is 5.02 Å². The molecule has 0 aliphatic rings. The summed E-state index contributed by atoms with van der Waals surface area (Å²) in [4.78, 5) is 13.5. The quantitative estimate of drug-likeness (QED) is 0.852. The van der Waals surface area contributed by atoms with E-state index in [0.29, 0.717) is 10.7 Å². The fraction of sp³-hybridized carbons (Fsp3) is 0.462. The third kappa shape index (κ3) is 3.64. The van der Waals surface area contributed by atoms with Crippen molar-refractivity contribution in [2.45, 2.75) is 19.9 Å². The Balaban J connectivity index is 3.42. The van der Waals surface area contributed by atoms with Gasteiger partial charge in [-0.15, -0.1) is 0 Å². The second-order valence-corrected chi connectivity index (χ2v) is 7.19. The Hall–Kier alpha value is -1.27. The summed E-state index contributed by atoms with van der Waals surface area (Å²) in [5, 5.41) is 0.420. The second-order valence-electron chi connectivity index (χ2n) is 4.90. The highest BCUT2D eigenvalue weighted by molar-refractivity contribution is 7.92. The van der Waals surface area contributed by atoms with Gasteiger partial charge in [-0.25, -0.2) is 8.42 Å². The zero-order valence-corrected chi connectivity index (χ0v) is 13.8. The number of aryl methyl sites for hydroxylation is 1. The van der Waals surface area contributed by atoms with E-state index in [1.807, 2.05) is 0 Å². The minimum absolute atomic E-state index is 0.296. The number of likely N-dealkylation sites (N-methyl/N-ethyl adjacent to an activating group) is 1. The van der Waals surface area contributed by atoms with E-state index in [1.165, 1.54) is 4.90 Å². The number of rotatable bonds is 4. The molecule has 1 rings (SSSR count). The third-order valence-corrected chi connectivity index (χ3v) is 4.38. The maximum absolute atomic E-state index is 12.1. The van der Waals surface area contributed by atoms with Crippen LogP contribution in [0.4, 0.5) is 5.69 Å². The molecule has 1 atom stereocenters. The first-order chi connectivity index (χ1) is 9.05. The number of sulfonamides is 1. The molecule has 0 saturated heterocycles. The molecule has 0 fully saturated rings. The maximum Gasteiger partial charge on any atom is 0.245 e. The summed E-state index contributed by atoms with van der Waals surface area (Å²) >= 11 is 5.94. The van der Waals surface area contributed by atoms with Crippen molar-refractivity contribution < 1.29 is 13.2 Å². The molecule has 112 valence electrons. The van der Waals surface area contributed by atoms with Crippen LogP contribution in [0, 0.1) is 6.92 Å². The lowest BCUT2D eigenvalue weighted by molar-refractivity contribution is -0.129. The van der Waals surface area contributed by atoms with Crippen molar-refractivity contribution in [3.63, 3.8) is 0 Å². The first-order valence-corrected chi connectivity index (χ1v) is 8.25. The summed E-state index contributed by atoms with van der Waals surface area (Å²) in [6.07, 6.45) is 1.08. The average molecular weight is 319 g/mol. The van der Waals surface area contributed by atoms with Gasteiger partial charge >= 0.3 is 0 Å². The van der Waals surface area contributed by atoms with Gasteiger partial charge in [0.25, 0.3) is 0 Å². The lowest BCUT2D eigenvalue weighted by atomic mass is 10.1. The number of carbonyl (C=O) groups excluding carboxylic acids is 1. The van der Waals surface area contributed by atoms with Gasteiger partial charge in [0.15, 0.2) is 0 Å². The van der Waals surface area contributed by atoms with E-state index in [0.717, 1.165) is 16.1 Å². The van der Waals surface area contributed by atoms with Crippen molar-refractivity contribution in [2.24, 2.45) is 0 Å². The minimum Gasteiger partial charge on any atom is -0.347 e. The van der Waals surface area contributed by atoms with E-state index in [-0.39, 0.29) is 5.91 Å². The third-order valence-electron chi connectivity index (χ3n) is 2.92. The average Bonchev–Trinajstić information content (AvgIpc) is 2.30. The number of hydrogen-bond acceptors (Lipinski definition) is 3. The van der Waals surface area contributed by atoms with Crippen molar-refractivity contribution in [3.05, 3.63) is 28.8 Å². The number of carbonyl (C=O) groups is 1. The number of amides is 1. The van der Waals surface area contributed by atoms with E-state index in [9.17, 15) is 13.2 Å². The molecular weight excluding hydrogens is 300 g/mol. The second kappa shape index (κ2) is 6.01. The van der Waals surface area contributed by atoms with Gasteiger partial charge in [0.2, 0.25) is 15.9 Å². The van der Waals surface area contributed by atoms with Crippen LogP contribution in [-0.2, 0) is 14.8 Å². The molecule has 0 spiro atoms. The molecule has 0 heterocycles. The predicted molar refractivity (Wildman–Crippen MR) is 81.7 cm³/mol. The number of benzene rings is 1. The standard InChI is InChI=1S/C13H19ClN2O3S/c1-9-6-7-11(14)8-12(9)16(20(5,18)19)10(2)13(17)15(3)4/h6-8,10H,1-5H3/t10-/m1/s1. The van der Waals surface area contributed by atoms with Gasteiger partial charge in [-0.1, -0.05) is 17.7 Å². The van der Waals surface area contributed by atoms with Crippen LogP contribution in [0.1, 0.15) is 12.5 Å². The van der Waals surface area contributed by atoms with Gasteiger partial charge in [0, 0.05) is 19.1 Å². The fourth-order valence-corrected chi connectivity index (χ4v) is 3.35. The zero-order valence-electron chi connectivity index (χ0n) is 12.2. The predicted octanol–water partition coefficient (Wildman–Crippen LogP) is 1.89. The molecule has 0 aliphatic heterocycles. The highest BCUT2D eigenvalue weighted by Crippen LogP contribution is 2.28. The topological polar surface area (TPSA) is 57.7 Å². The summed E-state index contributed by atoms with van der Waals surface area (Å²) in [5.41, 5.74) is 1.15. The number of halogens is 1. The molecule has 1 aromatic carbocycles. The normalized spacial score (nSPS) is 12.9. The van der Waals surface area contributed by atoms with Crippen LogP contribution in [0.15, 0.2) is 18.2 Å². The van der Waals surface area contributed by atoms with Gasteiger partial charge in [0.05, 0.1) is 11.9 Å². The van der Waals surface area contributed by atoms with Crippen molar-refractivity contribution in [2.75, 3.05) is 24.7 Å². The van der Waals surface area contributed by atoms with E-state index in [1.54, 1.807) is 46.1 Å². The highest BCUT2D eigenvalue weighted by Gasteiger charge is 2.31. The van der Waals surface area contributed by atoms with Gasteiger partial charge in [0.1, 0.15) is 6.04 Å². The summed E-state index contributed by atoms with van der Waals surface area (Å²) < 4.78 is 25.3. The first-order valence-electron chi connectivity index (χ1n) is 6.02. The molecule has 5 nitrogen and oxygen atoms in total. The number of anilines is 1. The van der Waals surface area contributed by atoms with Crippen molar-refractivity contribution in [1.29, 1.82) is 0 Å². The number of nitrogens with zero attached hydrogens (tertiary/aromatic N) is 2. The Morgan fingerprint density at radius 3 is 2.30 bits per heavy atom. The Bertz CT molecular complexity index is 614. The minimum atomic E-state index is -3.61. The molecule has 0 saturated carbocycles. The molecule has 0 bridgehead atoms. The molecule has 0 unspecified atom stereocenters. The molecular formula is C13H19ClN2O3S. The van der Waals surface area contributed by atoms with Crippen LogP contribution < -0.4 is 4.31 Å². The lowest BCUT2D eigenvalue weighted by Crippen LogP contribution is -2.47. The van der Waals surface area contributed by atoms with Gasteiger partial charge < -0.3 is 4.90 Å². The Kier molecular flexibility index (Phi) is 5.05. The molecule has 1 amide bonds. The Morgan fingerprint density at radius 2 is 1.85 bits per heavy atom. The Labute approximate surface area is 125 Å². The fourth-order valence-electron chi connectivity index (χ4n) is 1.97. The summed E-state index contributed by atoms with van der Waals surface area (Å²) in [6.45, 7) is 3.33. The largest absolute Gasteiger partial charge is 0.347 e. The molecule has 7 heteroatoms. The lowest BCUT2D eigenvalue weighted by Gasteiger charge is -2.31. The van der Waals surface area contributed by atoms with E-state index in [2.05, 4.69) is 0 Å². The number of hydrogen-bond donors (Lipinski definition) is 0. The van der Waals surface area contributed by atoms with Crippen LogP contribution in [0.5, 0.6) is 0 Å². The summed E-state index contributed by atoms with van der Waals surface area (Å²) in [5.74, 6) is -0.296. The first kappa shape index (κ1) is 16.8. The van der Waals surface area contributed by atoms with Crippen LogP contribution in [0.3, 0.4) is 0 Å². The monoisotopic (exact) mass is 318 g/mol. The van der Waals surface area contributed by atoms with E-state index in [4.69, 9.17) is 11.6 Å². The molecule has 0 N–H and O–H groups in total. The maximum atomic E-state index is 12.1. The summed E-state index contributed by atoms with van der Waals surface area (Å²) in [7, 11) is -0.433. The van der Waals surface area contributed by atoms with Crippen molar-refractivity contribution >= 4 is 33.2 Å². The Morgan fingerprint density at radius 1 is 1.30 bits per heavy atom. The van der Waals surface area contributed by atoms with Crippen molar-refractivity contribution in [3.8, 4) is 0 Å². The molecule has 20 heavy (non-hydrogen) atoms. The molecule has 0 aliphatic carbocycles. The smallest absolute Gasteiger partial charge is 0.245 e. The van der Waals surface area contributed by atoms with Gasteiger partial charge in [-0.2, -0.15) is 0 Å². The molecule has 0 radical (unpaired) electrons. The van der Waals surface area contributed by atoms with Gasteiger partial charge in [-0.05, 0) is 31.5 Å². The highest BCUT2D eigenvalue weighted by atomic mass is 35.5. The van der Waals surface area contributed by atoms with Crippen LogP contribution in [-0.4, -0.2) is 45.6 Å². The molecule has 1 aromatic rings. The SMILES string of the molecule is Cc1ccc(Cl)cc1N([C@H](C)C(=O)N(C)C)S(C)(=O)=O. The van der Waals surface area contributed by atoms with Crippen LogP contribution in [0.25, 0.3) is 0 Å². The zero-order chi connectivity index (χ0) is 15.7. The van der Waals surface area contributed by atoms with Gasteiger partial charge in [-0.3, -0.25) is 9.10 Å². The van der Waals surface area contributed by atoms with Crippen molar-refractivity contribution in [1.82, 2.24) is 4.90 Å². The summed E-state index contributed by atoms with van der Waals surface area (Å²) in [6, 6.07) is 4.12. The molecule has 0 aromatic heterocycles.